The Hall–Kier alpha value is -1.55. The predicted molar refractivity (Wildman–Crippen MR) is 82.6 cm³/mol. The van der Waals surface area contributed by atoms with Crippen molar-refractivity contribution in [1.82, 2.24) is 9.62 Å². The number of rotatable bonds is 3. The van der Waals surface area contributed by atoms with Crippen LogP contribution in [0.25, 0.3) is 0 Å². The van der Waals surface area contributed by atoms with Gasteiger partial charge in [0.05, 0.1) is 22.0 Å². The maximum Gasteiger partial charge on any atom is 0.269 e. The molecule has 1 N–H and O–H groups in total. The highest BCUT2D eigenvalue weighted by Crippen LogP contribution is 2.30. The zero-order chi connectivity index (χ0) is 16.5. The van der Waals surface area contributed by atoms with Crippen LogP contribution in [-0.4, -0.2) is 56.0 Å². The molecular formula is C14H19N3O5S. The molecular weight excluding hydrogens is 322 g/mol. The summed E-state index contributed by atoms with van der Waals surface area (Å²) in [6.07, 6.45) is 1.29. The number of nitrogens with one attached hydrogen (secondary N) is 1. The average Bonchev–Trinajstić information content (AvgIpc) is 2.56. The Bertz CT molecular complexity index is 673. The number of benzene rings is 1. The van der Waals surface area contributed by atoms with Crippen LogP contribution in [-0.2, 0) is 14.8 Å². The van der Waals surface area contributed by atoms with Gasteiger partial charge in [0, 0.05) is 38.3 Å². The fourth-order valence-corrected chi connectivity index (χ4v) is 4.49. The molecule has 0 radical (unpaired) electrons. The van der Waals surface area contributed by atoms with Gasteiger partial charge in [0.1, 0.15) is 0 Å². The largest absolute Gasteiger partial charge is 0.372 e. The van der Waals surface area contributed by atoms with Gasteiger partial charge < -0.3 is 10.1 Å². The minimum absolute atomic E-state index is 0.0849. The van der Waals surface area contributed by atoms with E-state index in [9.17, 15) is 18.5 Å². The van der Waals surface area contributed by atoms with Crippen molar-refractivity contribution in [1.29, 1.82) is 0 Å². The van der Waals surface area contributed by atoms with Gasteiger partial charge in [-0.2, -0.15) is 4.31 Å². The van der Waals surface area contributed by atoms with Crippen molar-refractivity contribution in [3.05, 3.63) is 34.4 Å². The molecule has 0 aliphatic carbocycles. The quantitative estimate of drug-likeness (QED) is 0.643. The average molecular weight is 341 g/mol. The van der Waals surface area contributed by atoms with Crippen molar-refractivity contribution in [2.24, 2.45) is 0 Å². The van der Waals surface area contributed by atoms with E-state index in [0.29, 0.717) is 32.5 Å². The summed E-state index contributed by atoms with van der Waals surface area (Å²) >= 11 is 0. The first-order valence-electron chi connectivity index (χ1n) is 7.52. The van der Waals surface area contributed by atoms with Crippen LogP contribution in [0.5, 0.6) is 0 Å². The molecule has 1 aromatic rings. The minimum Gasteiger partial charge on any atom is -0.372 e. The summed E-state index contributed by atoms with van der Waals surface area (Å²) in [5, 5.41) is 14.0. The lowest BCUT2D eigenvalue weighted by atomic mass is 9.91. The second-order valence-corrected chi connectivity index (χ2v) is 7.80. The van der Waals surface area contributed by atoms with Gasteiger partial charge in [-0.25, -0.2) is 8.42 Å². The van der Waals surface area contributed by atoms with Gasteiger partial charge in [-0.1, -0.05) is 0 Å². The molecule has 0 amide bonds. The molecule has 2 aliphatic rings. The maximum atomic E-state index is 12.6. The number of nitro groups is 1. The van der Waals surface area contributed by atoms with Crippen molar-refractivity contribution in [2.75, 3.05) is 32.8 Å². The van der Waals surface area contributed by atoms with E-state index < -0.39 is 14.9 Å². The summed E-state index contributed by atoms with van der Waals surface area (Å²) in [5.74, 6) is 0. The molecule has 0 atom stereocenters. The first kappa shape index (κ1) is 16.3. The number of morpholine rings is 1. The lowest BCUT2D eigenvalue weighted by molar-refractivity contribution is -0.384. The molecule has 0 unspecified atom stereocenters. The third kappa shape index (κ3) is 3.23. The van der Waals surface area contributed by atoms with Crippen LogP contribution in [0.3, 0.4) is 0 Å². The van der Waals surface area contributed by atoms with E-state index in [2.05, 4.69) is 5.32 Å². The van der Waals surface area contributed by atoms with Gasteiger partial charge in [0.2, 0.25) is 10.0 Å². The van der Waals surface area contributed by atoms with E-state index in [0.717, 1.165) is 13.1 Å². The van der Waals surface area contributed by atoms with Gasteiger partial charge in [-0.05, 0) is 25.0 Å². The first-order chi connectivity index (χ1) is 10.9. The molecule has 9 heteroatoms. The SMILES string of the molecule is O=[N+]([O-])c1ccc(S(=O)(=O)N2CCC3(CC2)CNCCO3)cc1. The van der Waals surface area contributed by atoms with Crippen molar-refractivity contribution in [3.8, 4) is 0 Å². The van der Waals surface area contributed by atoms with Crippen LogP contribution in [0.2, 0.25) is 0 Å². The van der Waals surface area contributed by atoms with Crippen LogP contribution in [0.15, 0.2) is 29.2 Å². The molecule has 0 aromatic heterocycles. The molecule has 23 heavy (non-hydrogen) atoms. The number of sulfonamides is 1. The highest BCUT2D eigenvalue weighted by atomic mass is 32.2. The molecule has 8 nitrogen and oxygen atoms in total. The van der Waals surface area contributed by atoms with E-state index >= 15 is 0 Å². The summed E-state index contributed by atoms with van der Waals surface area (Å²) in [7, 11) is -3.63. The summed E-state index contributed by atoms with van der Waals surface area (Å²) in [4.78, 5) is 10.2. The fraction of sp³-hybridized carbons (Fsp3) is 0.571. The molecule has 1 aromatic carbocycles. The molecule has 1 spiro atoms. The van der Waals surface area contributed by atoms with Crippen molar-refractivity contribution in [3.63, 3.8) is 0 Å². The molecule has 2 heterocycles. The van der Waals surface area contributed by atoms with E-state index in [4.69, 9.17) is 4.74 Å². The molecule has 126 valence electrons. The Morgan fingerprint density at radius 2 is 1.87 bits per heavy atom. The predicted octanol–water partition coefficient (Wildman–Crippen LogP) is 0.738. The Labute approximate surface area is 134 Å². The highest BCUT2D eigenvalue weighted by Gasteiger charge is 2.40. The minimum atomic E-state index is -3.63. The van der Waals surface area contributed by atoms with Crippen molar-refractivity contribution < 1.29 is 18.1 Å². The standard InChI is InChI=1S/C14H19N3O5S/c18-17(19)12-1-3-13(4-2-12)23(20,21)16-8-5-14(6-9-16)11-15-7-10-22-14/h1-4,15H,5-11H2. The van der Waals surface area contributed by atoms with Crippen molar-refractivity contribution in [2.45, 2.75) is 23.3 Å². The summed E-state index contributed by atoms with van der Waals surface area (Å²) < 4.78 is 32.6. The molecule has 2 aliphatic heterocycles. The van der Waals surface area contributed by atoms with E-state index in [1.54, 1.807) is 0 Å². The zero-order valence-electron chi connectivity index (χ0n) is 12.6. The number of ether oxygens (including phenoxy) is 1. The normalized spacial score (nSPS) is 22.1. The maximum absolute atomic E-state index is 12.6. The van der Waals surface area contributed by atoms with Gasteiger partial charge in [0.25, 0.3) is 5.69 Å². The lowest BCUT2D eigenvalue weighted by Crippen LogP contribution is -2.56. The second-order valence-electron chi connectivity index (χ2n) is 5.86. The molecule has 2 saturated heterocycles. The zero-order valence-corrected chi connectivity index (χ0v) is 13.4. The second kappa shape index (κ2) is 6.16. The number of non-ortho nitro benzene ring substituents is 1. The summed E-state index contributed by atoms with van der Waals surface area (Å²) in [6.45, 7) is 3.00. The van der Waals surface area contributed by atoms with Crippen LogP contribution in [0.4, 0.5) is 5.69 Å². The molecule has 0 saturated carbocycles. The topological polar surface area (TPSA) is 102 Å². The van der Waals surface area contributed by atoms with Crippen molar-refractivity contribution >= 4 is 15.7 Å². The third-order valence-electron chi connectivity index (χ3n) is 4.45. The van der Waals surface area contributed by atoms with Crippen LogP contribution >= 0.6 is 0 Å². The summed E-state index contributed by atoms with van der Waals surface area (Å²) in [6, 6.07) is 5.01. The fourth-order valence-electron chi connectivity index (χ4n) is 3.05. The van der Waals surface area contributed by atoms with Crippen LogP contribution in [0.1, 0.15) is 12.8 Å². The van der Waals surface area contributed by atoms with Gasteiger partial charge in [0.15, 0.2) is 0 Å². The van der Waals surface area contributed by atoms with E-state index in [-0.39, 0.29) is 16.2 Å². The highest BCUT2D eigenvalue weighted by molar-refractivity contribution is 7.89. The Balaban J connectivity index is 1.72. The molecule has 3 rings (SSSR count). The van der Waals surface area contributed by atoms with Gasteiger partial charge >= 0.3 is 0 Å². The van der Waals surface area contributed by atoms with E-state index in [1.165, 1.54) is 28.6 Å². The number of hydrogen-bond acceptors (Lipinski definition) is 6. The Morgan fingerprint density at radius 3 is 2.39 bits per heavy atom. The monoisotopic (exact) mass is 341 g/mol. The first-order valence-corrected chi connectivity index (χ1v) is 8.96. The summed E-state index contributed by atoms with van der Waals surface area (Å²) in [5.41, 5.74) is -0.386. The number of piperidine rings is 1. The van der Waals surface area contributed by atoms with Crippen LogP contribution in [0, 0.1) is 10.1 Å². The lowest BCUT2D eigenvalue weighted by Gasteiger charge is -2.43. The number of hydrogen-bond donors (Lipinski definition) is 1. The van der Waals surface area contributed by atoms with Gasteiger partial charge in [-0.3, -0.25) is 10.1 Å². The molecule has 2 fully saturated rings. The number of nitrogens with zero attached hydrogens (tertiary/aromatic N) is 2. The van der Waals surface area contributed by atoms with E-state index in [1.807, 2.05) is 0 Å². The van der Waals surface area contributed by atoms with Gasteiger partial charge in [-0.15, -0.1) is 0 Å². The smallest absolute Gasteiger partial charge is 0.269 e. The van der Waals surface area contributed by atoms with Crippen LogP contribution < -0.4 is 5.32 Å². The Kier molecular flexibility index (Phi) is 4.37. The number of nitro benzene ring substituents is 1. The Morgan fingerprint density at radius 1 is 1.22 bits per heavy atom. The molecule has 0 bridgehead atoms. The third-order valence-corrected chi connectivity index (χ3v) is 6.37.